The maximum absolute atomic E-state index is 13.7. The second kappa shape index (κ2) is 5.01. The summed E-state index contributed by atoms with van der Waals surface area (Å²) in [6.45, 7) is 3.22. The molecular formula is C13H11FN2O3. The van der Waals surface area contributed by atoms with Gasteiger partial charge >= 0.3 is 5.97 Å². The molecule has 0 amide bonds. The highest BCUT2D eigenvalue weighted by molar-refractivity contribution is 5.91. The summed E-state index contributed by atoms with van der Waals surface area (Å²) in [5.74, 6) is -2.11. The molecule has 0 fully saturated rings. The van der Waals surface area contributed by atoms with Gasteiger partial charge in [-0.25, -0.2) is 9.78 Å². The fraction of sp³-hybridized carbons (Fsp3) is 0.154. The summed E-state index contributed by atoms with van der Waals surface area (Å²) < 4.78 is 18.9. The van der Waals surface area contributed by atoms with Crippen molar-refractivity contribution in [3.63, 3.8) is 0 Å². The number of hydrogen-bond acceptors (Lipinski definition) is 4. The standard InChI is InChI=1S/C13H11FN2O3/c1-7-3-4-10(9(5-7)13(17)18)19-12-11(14)8(2)15-6-16-12/h3-6H,1-2H3,(H,17,18). The molecule has 0 aliphatic rings. The summed E-state index contributed by atoms with van der Waals surface area (Å²) >= 11 is 0. The fourth-order valence-corrected chi connectivity index (χ4v) is 1.51. The van der Waals surface area contributed by atoms with E-state index in [1.165, 1.54) is 19.1 Å². The zero-order valence-electron chi connectivity index (χ0n) is 10.3. The van der Waals surface area contributed by atoms with Crippen LogP contribution in [0.25, 0.3) is 0 Å². The first kappa shape index (κ1) is 12.9. The third kappa shape index (κ3) is 2.67. The summed E-state index contributed by atoms with van der Waals surface area (Å²) in [4.78, 5) is 18.4. The summed E-state index contributed by atoms with van der Waals surface area (Å²) in [5.41, 5.74) is 0.855. The lowest BCUT2D eigenvalue weighted by Gasteiger charge is -2.09. The number of aromatic carboxylic acids is 1. The molecule has 0 spiro atoms. The van der Waals surface area contributed by atoms with Crippen molar-refractivity contribution >= 4 is 5.97 Å². The van der Waals surface area contributed by atoms with Crippen LogP contribution in [0.4, 0.5) is 4.39 Å². The largest absolute Gasteiger partial charge is 0.478 e. The summed E-state index contributed by atoms with van der Waals surface area (Å²) in [5, 5.41) is 9.09. The molecule has 2 rings (SSSR count). The fourth-order valence-electron chi connectivity index (χ4n) is 1.51. The van der Waals surface area contributed by atoms with Gasteiger partial charge in [-0.05, 0) is 26.0 Å². The Labute approximate surface area is 108 Å². The average Bonchev–Trinajstić information content (AvgIpc) is 2.36. The first-order valence-corrected chi connectivity index (χ1v) is 5.48. The molecular weight excluding hydrogens is 251 g/mol. The topological polar surface area (TPSA) is 72.3 Å². The maximum Gasteiger partial charge on any atom is 0.339 e. The van der Waals surface area contributed by atoms with Gasteiger partial charge in [0.15, 0.2) is 0 Å². The Hall–Kier alpha value is -2.50. The maximum atomic E-state index is 13.7. The molecule has 0 aliphatic carbocycles. The van der Waals surface area contributed by atoms with Crippen molar-refractivity contribution in [1.82, 2.24) is 9.97 Å². The van der Waals surface area contributed by atoms with E-state index in [0.29, 0.717) is 0 Å². The Balaban J connectivity index is 2.44. The van der Waals surface area contributed by atoms with Crippen LogP contribution in [-0.2, 0) is 0 Å². The first-order valence-electron chi connectivity index (χ1n) is 5.48. The molecule has 0 saturated heterocycles. The van der Waals surface area contributed by atoms with E-state index >= 15 is 0 Å². The van der Waals surface area contributed by atoms with Crippen LogP contribution in [0.5, 0.6) is 11.6 Å². The molecule has 6 heteroatoms. The van der Waals surface area contributed by atoms with Crippen LogP contribution in [-0.4, -0.2) is 21.0 Å². The van der Waals surface area contributed by atoms with Crippen LogP contribution >= 0.6 is 0 Å². The smallest absolute Gasteiger partial charge is 0.339 e. The Morgan fingerprint density at radius 1 is 1.32 bits per heavy atom. The number of ether oxygens (including phenoxy) is 1. The number of hydrogen-bond donors (Lipinski definition) is 1. The number of aryl methyl sites for hydroxylation is 2. The van der Waals surface area contributed by atoms with E-state index in [1.807, 2.05) is 0 Å². The van der Waals surface area contributed by atoms with Crippen molar-refractivity contribution in [3.8, 4) is 11.6 Å². The lowest BCUT2D eigenvalue weighted by Crippen LogP contribution is -2.03. The van der Waals surface area contributed by atoms with Crippen molar-refractivity contribution < 1.29 is 19.0 Å². The number of nitrogens with zero attached hydrogens (tertiary/aromatic N) is 2. The van der Waals surface area contributed by atoms with Crippen molar-refractivity contribution in [1.29, 1.82) is 0 Å². The summed E-state index contributed by atoms with van der Waals surface area (Å²) in [6.07, 6.45) is 1.16. The normalized spacial score (nSPS) is 10.3. The molecule has 0 saturated carbocycles. The summed E-state index contributed by atoms with van der Waals surface area (Å²) in [6, 6.07) is 4.59. The number of carboxylic acids is 1. The number of carboxylic acid groups (broad SMARTS) is 1. The van der Waals surface area contributed by atoms with Crippen LogP contribution in [0, 0.1) is 19.7 Å². The lowest BCUT2D eigenvalue weighted by molar-refractivity contribution is 0.0694. The molecule has 0 unspecified atom stereocenters. The molecule has 5 nitrogen and oxygen atoms in total. The molecule has 1 heterocycles. The van der Waals surface area contributed by atoms with E-state index in [1.54, 1.807) is 13.0 Å². The lowest BCUT2D eigenvalue weighted by atomic mass is 10.1. The number of carbonyl (C=O) groups is 1. The van der Waals surface area contributed by atoms with Crippen molar-refractivity contribution in [2.24, 2.45) is 0 Å². The number of halogens is 1. The second-order valence-electron chi connectivity index (χ2n) is 3.99. The number of rotatable bonds is 3. The Morgan fingerprint density at radius 2 is 2.05 bits per heavy atom. The van der Waals surface area contributed by atoms with Crippen LogP contribution in [0.2, 0.25) is 0 Å². The van der Waals surface area contributed by atoms with E-state index < -0.39 is 11.8 Å². The van der Waals surface area contributed by atoms with Gasteiger partial charge in [0.1, 0.15) is 17.6 Å². The van der Waals surface area contributed by atoms with E-state index in [0.717, 1.165) is 11.9 Å². The molecule has 0 aliphatic heterocycles. The van der Waals surface area contributed by atoms with Gasteiger partial charge in [0.25, 0.3) is 5.88 Å². The minimum Gasteiger partial charge on any atom is -0.478 e. The van der Waals surface area contributed by atoms with Gasteiger partial charge in [0.05, 0.1) is 5.69 Å². The van der Waals surface area contributed by atoms with Crippen molar-refractivity contribution in [3.05, 3.63) is 47.2 Å². The molecule has 0 atom stereocenters. The van der Waals surface area contributed by atoms with Crippen molar-refractivity contribution in [2.75, 3.05) is 0 Å². The van der Waals surface area contributed by atoms with Gasteiger partial charge in [-0.1, -0.05) is 11.6 Å². The zero-order chi connectivity index (χ0) is 14.0. The van der Waals surface area contributed by atoms with Gasteiger partial charge in [-0.3, -0.25) is 0 Å². The highest BCUT2D eigenvalue weighted by atomic mass is 19.1. The van der Waals surface area contributed by atoms with Crippen LogP contribution in [0.15, 0.2) is 24.5 Å². The highest BCUT2D eigenvalue weighted by Gasteiger charge is 2.16. The van der Waals surface area contributed by atoms with E-state index in [9.17, 15) is 9.18 Å². The van der Waals surface area contributed by atoms with Gasteiger partial charge < -0.3 is 9.84 Å². The van der Waals surface area contributed by atoms with Gasteiger partial charge in [-0.2, -0.15) is 9.37 Å². The molecule has 98 valence electrons. The third-order valence-corrected chi connectivity index (χ3v) is 2.50. The molecule has 0 radical (unpaired) electrons. The molecule has 1 aromatic carbocycles. The quantitative estimate of drug-likeness (QED) is 0.920. The Kier molecular flexibility index (Phi) is 3.41. The number of aromatic nitrogens is 2. The minimum atomic E-state index is -1.15. The monoisotopic (exact) mass is 262 g/mol. The minimum absolute atomic E-state index is 0.0371. The zero-order valence-corrected chi connectivity index (χ0v) is 10.3. The van der Waals surface area contributed by atoms with Crippen LogP contribution in [0.1, 0.15) is 21.6 Å². The molecule has 2 aromatic rings. The van der Waals surface area contributed by atoms with Gasteiger partial charge in [-0.15, -0.1) is 0 Å². The molecule has 1 N–H and O–H groups in total. The van der Waals surface area contributed by atoms with Crippen LogP contribution in [0.3, 0.4) is 0 Å². The van der Waals surface area contributed by atoms with E-state index in [4.69, 9.17) is 9.84 Å². The average molecular weight is 262 g/mol. The SMILES string of the molecule is Cc1ccc(Oc2ncnc(C)c2F)c(C(=O)O)c1. The van der Waals surface area contributed by atoms with E-state index in [2.05, 4.69) is 9.97 Å². The predicted molar refractivity (Wildman–Crippen MR) is 64.9 cm³/mol. The highest BCUT2D eigenvalue weighted by Crippen LogP contribution is 2.27. The molecule has 1 aromatic heterocycles. The predicted octanol–water partition coefficient (Wildman–Crippen LogP) is 2.72. The third-order valence-electron chi connectivity index (χ3n) is 2.50. The summed E-state index contributed by atoms with van der Waals surface area (Å²) in [7, 11) is 0. The molecule has 19 heavy (non-hydrogen) atoms. The van der Waals surface area contributed by atoms with Gasteiger partial charge in [0.2, 0.25) is 5.82 Å². The van der Waals surface area contributed by atoms with Gasteiger partial charge in [0, 0.05) is 0 Å². The van der Waals surface area contributed by atoms with Crippen LogP contribution < -0.4 is 4.74 Å². The number of benzene rings is 1. The first-order chi connectivity index (χ1) is 8.99. The van der Waals surface area contributed by atoms with Crippen molar-refractivity contribution in [2.45, 2.75) is 13.8 Å². The van der Waals surface area contributed by atoms with E-state index in [-0.39, 0.29) is 22.9 Å². The Bertz CT molecular complexity index is 644. The second-order valence-corrected chi connectivity index (χ2v) is 3.99. The molecule has 0 bridgehead atoms. The Morgan fingerprint density at radius 3 is 2.74 bits per heavy atom.